The molecule has 0 bridgehead atoms. The summed E-state index contributed by atoms with van der Waals surface area (Å²) in [7, 11) is 0. The van der Waals surface area contributed by atoms with Crippen molar-refractivity contribution in [2.24, 2.45) is 5.92 Å². The van der Waals surface area contributed by atoms with Gasteiger partial charge in [0.2, 0.25) is 11.8 Å². The molecule has 4 rings (SSSR count). The minimum Gasteiger partial charge on any atom is -0.339 e. The average molecular weight is 353 g/mol. The van der Waals surface area contributed by atoms with Crippen LogP contribution in [0.3, 0.4) is 0 Å². The zero-order chi connectivity index (χ0) is 17.8. The third-order valence-electron chi connectivity index (χ3n) is 5.83. The molecule has 5 heteroatoms. The summed E-state index contributed by atoms with van der Waals surface area (Å²) in [6, 6.07) is 10.6. The first-order valence-electron chi connectivity index (χ1n) is 9.94. The summed E-state index contributed by atoms with van der Waals surface area (Å²) in [5.74, 6) is 2.23. The highest BCUT2D eigenvalue weighted by atomic mass is 16.5. The van der Waals surface area contributed by atoms with E-state index in [-0.39, 0.29) is 5.91 Å². The van der Waals surface area contributed by atoms with Gasteiger partial charge in [0, 0.05) is 31.8 Å². The second-order valence-corrected chi connectivity index (χ2v) is 7.61. The predicted molar refractivity (Wildman–Crippen MR) is 98.6 cm³/mol. The lowest BCUT2D eigenvalue weighted by Gasteiger charge is -2.44. The Morgan fingerprint density at radius 2 is 1.92 bits per heavy atom. The Labute approximate surface area is 154 Å². The molecule has 26 heavy (non-hydrogen) atoms. The van der Waals surface area contributed by atoms with Crippen LogP contribution in [-0.4, -0.2) is 33.5 Å². The van der Waals surface area contributed by atoms with Gasteiger partial charge in [-0.15, -0.1) is 0 Å². The van der Waals surface area contributed by atoms with Crippen LogP contribution in [0, 0.1) is 5.92 Å². The van der Waals surface area contributed by atoms with Crippen molar-refractivity contribution in [2.75, 3.05) is 6.54 Å². The van der Waals surface area contributed by atoms with Crippen LogP contribution in [-0.2, 0) is 17.6 Å². The molecular weight excluding hydrogens is 326 g/mol. The van der Waals surface area contributed by atoms with Crippen molar-refractivity contribution in [3.8, 4) is 0 Å². The van der Waals surface area contributed by atoms with E-state index >= 15 is 0 Å². The Balaban J connectivity index is 1.31. The number of carbonyl (C=O) groups is 1. The average Bonchev–Trinajstić information content (AvgIpc) is 3.14. The summed E-state index contributed by atoms with van der Waals surface area (Å²) in [4.78, 5) is 19.4. The maximum atomic E-state index is 12.8. The lowest BCUT2D eigenvalue weighted by molar-refractivity contribution is -0.137. The molecule has 2 fully saturated rings. The summed E-state index contributed by atoms with van der Waals surface area (Å²) in [6.45, 7) is 0.920. The van der Waals surface area contributed by atoms with Gasteiger partial charge in [-0.25, -0.2) is 0 Å². The number of hydrogen-bond acceptors (Lipinski definition) is 4. The maximum Gasteiger partial charge on any atom is 0.227 e. The summed E-state index contributed by atoms with van der Waals surface area (Å²) < 4.78 is 5.35. The van der Waals surface area contributed by atoms with Crippen LogP contribution in [0.1, 0.15) is 62.2 Å². The second-order valence-electron chi connectivity index (χ2n) is 7.61. The number of hydrogen-bond donors (Lipinski definition) is 0. The van der Waals surface area contributed by atoms with Gasteiger partial charge in [-0.1, -0.05) is 48.3 Å². The quantitative estimate of drug-likeness (QED) is 0.821. The first-order valence-corrected chi connectivity index (χ1v) is 9.94. The van der Waals surface area contributed by atoms with E-state index in [2.05, 4.69) is 27.2 Å². The predicted octanol–water partition coefficient (Wildman–Crippen LogP) is 3.77. The van der Waals surface area contributed by atoms with E-state index < -0.39 is 0 Å². The third kappa shape index (κ3) is 3.97. The van der Waals surface area contributed by atoms with Gasteiger partial charge in [0.25, 0.3) is 0 Å². The number of rotatable bonds is 5. The standard InChI is InChI=1S/C21H27N3O2/c25-21(24-14-6-10-17-9-4-5-11-18(17)24)13-12-20-22-19(23-26-20)15-16-7-2-1-3-8-16/h1-3,7-8,17-18H,4-6,9-15H2/t17-,18-/m0/s1. The molecule has 1 aromatic carbocycles. The number of fused-ring (bicyclic) bond motifs is 1. The first-order chi connectivity index (χ1) is 12.8. The van der Waals surface area contributed by atoms with Crippen molar-refractivity contribution in [3.63, 3.8) is 0 Å². The summed E-state index contributed by atoms with van der Waals surface area (Å²) in [6.07, 6.45) is 9.17. The van der Waals surface area contributed by atoms with Crippen molar-refractivity contribution in [1.82, 2.24) is 15.0 Å². The number of aromatic nitrogens is 2. The van der Waals surface area contributed by atoms with Gasteiger partial charge in [-0.05, 0) is 37.2 Å². The molecule has 0 radical (unpaired) electrons. The molecule has 5 nitrogen and oxygen atoms in total. The number of likely N-dealkylation sites (tertiary alicyclic amines) is 1. The molecule has 2 aromatic rings. The first kappa shape index (κ1) is 17.3. The van der Waals surface area contributed by atoms with Gasteiger partial charge < -0.3 is 9.42 Å². The van der Waals surface area contributed by atoms with Crippen LogP contribution < -0.4 is 0 Å². The molecule has 1 aliphatic carbocycles. The fraction of sp³-hybridized carbons (Fsp3) is 0.571. The summed E-state index contributed by atoms with van der Waals surface area (Å²) in [5.41, 5.74) is 1.16. The molecule has 2 heterocycles. The van der Waals surface area contributed by atoms with Crippen LogP contribution in [0.4, 0.5) is 0 Å². The molecule has 1 saturated carbocycles. The van der Waals surface area contributed by atoms with E-state index in [1.165, 1.54) is 32.1 Å². The number of aryl methyl sites for hydroxylation is 1. The van der Waals surface area contributed by atoms with E-state index in [0.29, 0.717) is 37.0 Å². The minimum atomic E-state index is 0.254. The molecule has 1 amide bonds. The van der Waals surface area contributed by atoms with Crippen LogP contribution in [0.5, 0.6) is 0 Å². The van der Waals surface area contributed by atoms with Crippen LogP contribution in [0.15, 0.2) is 34.9 Å². The second kappa shape index (κ2) is 8.02. The molecule has 1 saturated heterocycles. The minimum absolute atomic E-state index is 0.254. The Bertz CT molecular complexity index is 726. The van der Waals surface area contributed by atoms with Gasteiger partial charge in [0.15, 0.2) is 5.82 Å². The monoisotopic (exact) mass is 353 g/mol. The van der Waals surface area contributed by atoms with Crippen LogP contribution in [0.2, 0.25) is 0 Å². The molecule has 2 aliphatic rings. The zero-order valence-electron chi connectivity index (χ0n) is 15.3. The van der Waals surface area contributed by atoms with E-state index in [1.54, 1.807) is 0 Å². The third-order valence-corrected chi connectivity index (χ3v) is 5.83. The van der Waals surface area contributed by atoms with Crippen molar-refractivity contribution in [2.45, 2.75) is 63.8 Å². The van der Waals surface area contributed by atoms with Crippen LogP contribution >= 0.6 is 0 Å². The Morgan fingerprint density at radius 1 is 1.12 bits per heavy atom. The van der Waals surface area contributed by atoms with Gasteiger partial charge in [0.05, 0.1) is 0 Å². The van der Waals surface area contributed by atoms with Crippen molar-refractivity contribution in [1.29, 1.82) is 0 Å². The Morgan fingerprint density at radius 3 is 2.81 bits per heavy atom. The van der Waals surface area contributed by atoms with E-state index in [4.69, 9.17) is 4.52 Å². The fourth-order valence-electron chi connectivity index (χ4n) is 4.53. The molecule has 0 unspecified atom stereocenters. The van der Waals surface area contributed by atoms with Crippen LogP contribution in [0.25, 0.3) is 0 Å². The Hall–Kier alpha value is -2.17. The molecule has 0 N–H and O–H groups in total. The largest absolute Gasteiger partial charge is 0.339 e. The normalized spacial score (nSPS) is 22.8. The van der Waals surface area contributed by atoms with E-state index in [1.807, 2.05) is 18.2 Å². The number of amides is 1. The highest BCUT2D eigenvalue weighted by molar-refractivity contribution is 5.76. The summed E-state index contributed by atoms with van der Waals surface area (Å²) >= 11 is 0. The lowest BCUT2D eigenvalue weighted by atomic mass is 9.78. The van der Waals surface area contributed by atoms with Crippen molar-refractivity contribution >= 4 is 5.91 Å². The van der Waals surface area contributed by atoms with Crippen molar-refractivity contribution < 1.29 is 9.32 Å². The van der Waals surface area contributed by atoms with Gasteiger partial charge in [-0.2, -0.15) is 4.98 Å². The highest BCUT2D eigenvalue weighted by Crippen LogP contribution is 2.35. The topological polar surface area (TPSA) is 59.2 Å². The number of carbonyl (C=O) groups excluding carboxylic acids is 1. The molecule has 1 aliphatic heterocycles. The fourth-order valence-corrected chi connectivity index (χ4v) is 4.53. The van der Waals surface area contributed by atoms with E-state index in [9.17, 15) is 4.79 Å². The number of piperidine rings is 1. The van der Waals surface area contributed by atoms with Gasteiger partial charge >= 0.3 is 0 Å². The smallest absolute Gasteiger partial charge is 0.227 e. The molecule has 138 valence electrons. The van der Waals surface area contributed by atoms with Crippen molar-refractivity contribution in [3.05, 3.63) is 47.6 Å². The number of benzene rings is 1. The molecular formula is C21H27N3O2. The van der Waals surface area contributed by atoms with Gasteiger partial charge in [-0.3, -0.25) is 4.79 Å². The van der Waals surface area contributed by atoms with E-state index in [0.717, 1.165) is 24.4 Å². The molecule has 2 atom stereocenters. The lowest BCUT2D eigenvalue weighted by Crippen LogP contribution is -2.49. The molecule has 1 aromatic heterocycles. The zero-order valence-corrected chi connectivity index (χ0v) is 15.3. The highest BCUT2D eigenvalue weighted by Gasteiger charge is 2.35. The Kier molecular flexibility index (Phi) is 5.32. The maximum absolute atomic E-state index is 12.8. The number of nitrogens with zero attached hydrogens (tertiary/aromatic N) is 3. The summed E-state index contributed by atoms with van der Waals surface area (Å²) in [5, 5.41) is 4.06. The molecule has 0 spiro atoms. The van der Waals surface area contributed by atoms with Gasteiger partial charge in [0.1, 0.15) is 0 Å². The SMILES string of the molecule is O=C(CCc1nc(Cc2ccccc2)no1)N1CCC[C@@H]2CCCC[C@@H]21.